The first-order chi connectivity index (χ1) is 5.25. The van der Waals surface area contributed by atoms with Gasteiger partial charge in [-0.1, -0.05) is 11.6 Å². The average Bonchev–Trinajstić information content (AvgIpc) is 1.99. The Morgan fingerprint density at radius 1 is 1.55 bits per heavy atom. The molecular formula is C9H10ClO. The van der Waals surface area contributed by atoms with Crippen LogP contribution in [0.5, 0.6) is 5.75 Å². The van der Waals surface area contributed by atoms with Crippen molar-refractivity contribution in [1.82, 2.24) is 0 Å². The van der Waals surface area contributed by atoms with Gasteiger partial charge in [-0.15, -0.1) is 0 Å². The Bertz CT molecular complexity index is 245. The highest BCUT2D eigenvalue weighted by Gasteiger charge is 2.00. The summed E-state index contributed by atoms with van der Waals surface area (Å²) in [6.07, 6.45) is 0. The first-order valence-corrected chi connectivity index (χ1v) is 3.92. The van der Waals surface area contributed by atoms with Crippen molar-refractivity contribution in [2.75, 3.05) is 6.61 Å². The maximum Gasteiger partial charge on any atom is 0.124 e. The largest absolute Gasteiger partial charge is 0.494 e. The highest BCUT2D eigenvalue weighted by Crippen LogP contribution is 2.24. The number of hydrogen-bond acceptors (Lipinski definition) is 1. The number of benzene rings is 1. The molecule has 0 aliphatic heterocycles. The minimum atomic E-state index is 0.662. The topological polar surface area (TPSA) is 9.23 Å². The fourth-order valence-corrected chi connectivity index (χ4v) is 0.986. The zero-order valence-electron chi connectivity index (χ0n) is 6.65. The van der Waals surface area contributed by atoms with E-state index in [1.165, 1.54) is 0 Å². The van der Waals surface area contributed by atoms with Gasteiger partial charge in [-0.05, 0) is 32.0 Å². The zero-order valence-corrected chi connectivity index (χ0v) is 7.40. The van der Waals surface area contributed by atoms with E-state index in [1.54, 1.807) is 12.1 Å². The molecule has 0 unspecified atom stereocenters. The van der Waals surface area contributed by atoms with Crippen LogP contribution in [0.25, 0.3) is 0 Å². The van der Waals surface area contributed by atoms with E-state index in [0.717, 1.165) is 11.3 Å². The van der Waals surface area contributed by atoms with Gasteiger partial charge in [0.15, 0.2) is 0 Å². The number of hydrogen-bond donors (Lipinski definition) is 0. The molecule has 1 rings (SSSR count). The first-order valence-electron chi connectivity index (χ1n) is 3.54. The lowest BCUT2D eigenvalue weighted by molar-refractivity contribution is 0.338. The van der Waals surface area contributed by atoms with Crippen molar-refractivity contribution < 1.29 is 4.74 Å². The third-order valence-corrected chi connectivity index (χ3v) is 1.84. The molecule has 0 saturated carbocycles. The molecule has 0 N–H and O–H groups in total. The summed E-state index contributed by atoms with van der Waals surface area (Å²) < 4.78 is 5.30. The van der Waals surface area contributed by atoms with Crippen LogP contribution < -0.4 is 4.74 Å². The van der Waals surface area contributed by atoms with Crippen molar-refractivity contribution in [3.63, 3.8) is 0 Å². The first kappa shape index (κ1) is 8.41. The molecule has 0 bridgehead atoms. The van der Waals surface area contributed by atoms with Gasteiger partial charge in [0.05, 0.1) is 6.61 Å². The third-order valence-electron chi connectivity index (χ3n) is 1.45. The number of halogens is 1. The fourth-order valence-electron chi connectivity index (χ4n) is 0.830. The Balaban J connectivity index is 2.96. The van der Waals surface area contributed by atoms with Crippen LogP contribution in [0.15, 0.2) is 12.1 Å². The summed E-state index contributed by atoms with van der Waals surface area (Å²) in [5, 5.41) is 0.705. The van der Waals surface area contributed by atoms with Crippen LogP contribution in [0.2, 0.25) is 5.02 Å². The van der Waals surface area contributed by atoms with Crippen molar-refractivity contribution >= 4 is 11.6 Å². The van der Waals surface area contributed by atoms with E-state index in [4.69, 9.17) is 16.3 Å². The van der Waals surface area contributed by atoms with E-state index in [2.05, 4.69) is 6.07 Å². The fraction of sp³-hybridized carbons (Fsp3) is 0.333. The minimum Gasteiger partial charge on any atom is -0.494 e. The normalized spacial score (nSPS) is 9.73. The predicted molar refractivity (Wildman–Crippen MR) is 46.2 cm³/mol. The standard InChI is InChI=1S/C9H10ClO/c1-3-11-9-6-4-5-8(10)7(9)2/h5-6H,3H2,1-2H3. The van der Waals surface area contributed by atoms with Crippen LogP contribution >= 0.6 is 11.6 Å². The Morgan fingerprint density at radius 3 is 2.91 bits per heavy atom. The van der Waals surface area contributed by atoms with E-state index in [1.807, 2.05) is 13.8 Å². The van der Waals surface area contributed by atoms with Crippen molar-refractivity contribution in [2.24, 2.45) is 0 Å². The molecule has 1 nitrogen and oxygen atoms in total. The van der Waals surface area contributed by atoms with Gasteiger partial charge < -0.3 is 4.74 Å². The van der Waals surface area contributed by atoms with E-state index in [9.17, 15) is 0 Å². The molecular weight excluding hydrogens is 160 g/mol. The predicted octanol–water partition coefficient (Wildman–Crippen LogP) is 2.85. The SMILES string of the molecule is CCOc1c[c]cc(Cl)c1C. The summed E-state index contributed by atoms with van der Waals surface area (Å²) in [5.41, 5.74) is 0.979. The Hall–Kier alpha value is -0.690. The second-order valence-corrected chi connectivity index (χ2v) is 2.63. The molecule has 0 saturated heterocycles. The van der Waals surface area contributed by atoms with E-state index in [0.29, 0.717) is 11.6 Å². The van der Waals surface area contributed by atoms with Crippen LogP contribution in [0.4, 0.5) is 0 Å². The van der Waals surface area contributed by atoms with E-state index >= 15 is 0 Å². The van der Waals surface area contributed by atoms with Crippen LogP contribution in [-0.2, 0) is 0 Å². The minimum absolute atomic E-state index is 0.662. The smallest absolute Gasteiger partial charge is 0.124 e. The molecule has 0 amide bonds. The highest BCUT2D eigenvalue weighted by atomic mass is 35.5. The van der Waals surface area contributed by atoms with Crippen molar-refractivity contribution in [3.8, 4) is 5.75 Å². The summed E-state index contributed by atoms with van der Waals surface area (Å²) in [4.78, 5) is 0. The maximum absolute atomic E-state index is 5.84. The van der Waals surface area contributed by atoms with Crippen molar-refractivity contribution in [3.05, 3.63) is 28.8 Å². The summed E-state index contributed by atoms with van der Waals surface area (Å²) in [5.74, 6) is 0.819. The van der Waals surface area contributed by atoms with E-state index < -0.39 is 0 Å². The molecule has 1 aromatic rings. The van der Waals surface area contributed by atoms with Crippen molar-refractivity contribution in [2.45, 2.75) is 13.8 Å². The average molecular weight is 170 g/mol. The highest BCUT2D eigenvalue weighted by molar-refractivity contribution is 6.31. The van der Waals surface area contributed by atoms with Gasteiger partial charge in [0.2, 0.25) is 0 Å². The van der Waals surface area contributed by atoms with Gasteiger partial charge >= 0.3 is 0 Å². The van der Waals surface area contributed by atoms with Gasteiger partial charge in [0.25, 0.3) is 0 Å². The Morgan fingerprint density at radius 2 is 2.27 bits per heavy atom. The quantitative estimate of drug-likeness (QED) is 0.662. The lowest BCUT2D eigenvalue weighted by atomic mass is 10.2. The maximum atomic E-state index is 5.84. The summed E-state index contributed by atoms with van der Waals surface area (Å²) in [7, 11) is 0. The Kier molecular flexibility index (Phi) is 2.77. The lowest BCUT2D eigenvalue weighted by Gasteiger charge is -2.06. The van der Waals surface area contributed by atoms with Gasteiger partial charge in [-0.25, -0.2) is 0 Å². The molecule has 0 fully saturated rings. The molecule has 0 aliphatic rings. The molecule has 0 spiro atoms. The zero-order chi connectivity index (χ0) is 8.27. The second-order valence-electron chi connectivity index (χ2n) is 2.23. The van der Waals surface area contributed by atoms with E-state index in [-0.39, 0.29) is 0 Å². The monoisotopic (exact) mass is 169 g/mol. The van der Waals surface area contributed by atoms with Crippen LogP contribution in [0.3, 0.4) is 0 Å². The second kappa shape index (κ2) is 3.63. The van der Waals surface area contributed by atoms with Gasteiger partial charge in [-0.2, -0.15) is 0 Å². The molecule has 0 atom stereocenters. The third kappa shape index (κ3) is 1.87. The van der Waals surface area contributed by atoms with Gasteiger partial charge in [-0.3, -0.25) is 0 Å². The molecule has 1 aromatic carbocycles. The molecule has 1 radical (unpaired) electrons. The van der Waals surface area contributed by atoms with Crippen LogP contribution in [0.1, 0.15) is 12.5 Å². The molecule has 0 aliphatic carbocycles. The number of ether oxygens (including phenoxy) is 1. The van der Waals surface area contributed by atoms with Gasteiger partial charge in [0.1, 0.15) is 5.75 Å². The molecule has 11 heavy (non-hydrogen) atoms. The number of rotatable bonds is 2. The van der Waals surface area contributed by atoms with Crippen LogP contribution in [-0.4, -0.2) is 6.61 Å². The van der Waals surface area contributed by atoms with Crippen molar-refractivity contribution in [1.29, 1.82) is 0 Å². The van der Waals surface area contributed by atoms with Gasteiger partial charge in [0, 0.05) is 10.6 Å². The van der Waals surface area contributed by atoms with Crippen LogP contribution in [0, 0.1) is 13.0 Å². The Labute approximate surface area is 71.9 Å². The lowest BCUT2D eigenvalue weighted by Crippen LogP contribution is -1.93. The molecule has 59 valence electrons. The summed E-state index contributed by atoms with van der Waals surface area (Å²) >= 11 is 5.84. The molecule has 2 heteroatoms. The molecule has 0 aromatic heterocycles. The summed E-state index contributed by atoms with van der Waals surface area (Å²) in [6.45, 7) is 4.54. The summed E-state index contributed by atoms with van der Waals surface area (Å²) in [6, 6.07) is 6.43. The molecule has 0 heterocycles.